The summed E-state index contributed by atoms with van der Waals surface area (Å²) in [5.41, 5.74) is 3.64. The molecule has 0 unspecified atom stereocenters. The van der Waals surface area contributed by atoms with Crippen molar-refractivity contribution in [2.24, 2.45) is 0 Å². The third-order valence-corrected chi connectivity index (χ3v) is 3.50. The quantitative estimate of drug-likeness (QED) is 0.912. The number of hydrogen-bond donors (Lipinski definition) is 1. The van der Waals surface area contributed by atoms with Crippen molar-refractivity contribution in [2.45, 2.75) is 39.3 Å². The fourth-order valence-corrected chi connectivity index (χ4v) is 2.42. The van der Waals surface area contributed by atoms with Gasteiger partial charge in [-0.1, -0.05) is 13.8 Å². The van der Waals surface area contributed by atoms with Gasteiger partial charge in [-0.15, -0.1) is 0 Å². The molecule has 0 aliphatic carbocycles. The molecule has 5 heteroatoms. The van der Waals surface area contributed by atoms with Gasteiger partial charge in [-0.2, -0.15) is 0 Å². The van der Waals surface area contributed by atoms with Crippen LogP contribution in [0.4, 0.5) is 0 Å². The van der Waals surface area contributed by atoms with Crippen LogP contribution < -0.4 is 0 Å². The normalized spacial score (nSPS) is 15.7. The first kappa shape index (κ1) is 12.3. The third-order valence-electron chi connectivity index (χ3n) is 3.50. The Hall–Kier alpha value is -1.75. The van der Waals surface area contributed by atoms with E-state index in [0.29, 0.717) is 5.92 Å². The van der Waals surface area contributed by atoms with E-state index >= 15 is 0 Å². The number of fused-ring (bicyclic) bond motifs is 1. The number of nitrogens with one attached hydrogen (secondary N) is 1. The lowest BCUT2D eigenvalue weighted by Crippen LogP contribution is -2.31. The highest BCUT2D eigenvalue weighted by Crippen LogP contribution is 2.19. The van der Waals surface area contributed by atoms with Gasteiger partial charge < -0.3 is 4.98 Å². The summed E-state index contributed by atoms with van der Waals surface area (Å²) in [4.78, 5) is 18.8. The summed E-state index contributed by atoms with van der Waals surface area (Å²) >= 11 is 0. The van der Waals surface area contributed by atoms with Crippen molar-refractivity contribution >= 4 is 0 Å². The lowest BCUT2D eigenvalue weighted by Gasteiger charge is -2.27. The highest BCUT2D eigenvalue weighted by Gasteiger charge is 2.19. The standard InChI is InChI=1S/C14H19N5/c1-10(2)14-16-5-11-7-19(4-3-13(11)18-14)8-12-6-15-9-17-12/h5-6,9-10H,3-4,7-8H2,1-2H3,(H,15,17). The van der Waals surface area contributed by atoms with Gasteiger partial charge in [-0.25, -0.2) is 15.0 Å². The molecule has 0 saturated heterocycles. The van der Waals surface area contributed by atoms with Gasteiger partial charge >= 0.3 is 0 Å². The summed E-state index contributed by atoms with van der Waals surface area (Å²) in [6.45, 7) is 7.14. The van der Waals surface area contributed by atoms with Gasteiger partial charge in [0.15, 0.2) is 0 Å². The minimum absolute atomic E-state index is 0.397. The Labute approximate surface area is 113 Å². The number of imidazole rings is 1. The van der Waals surface area contributed by atoms with Gasteiger partial charge in [-0.05, 0) is 0 Å². The first-order chi connectivity index (χ1) is 9.22. The van der Waals surface area contributed by atoms with Crippen LogP contribution >= 0.6 is 0 Å². The predicted octanol–water partition coefficient (Wildman–Crippen LogP) is 1.88. The number of aromatic amines is 1. The summed E-state index contributed by atoms with van der Waals surface area (Å²) in [6, 6.07) is 0. The van der Waals surface area contributed by atoms with Crippen LogP contribution in [0.3, 0.4) is 0 Å². The zero-order valence-electron chi connectivity index (χ0n) is 11.4. The van der Waals surface area contributed by atoms with Crippen LogP contribution in [-0.2, 0) is 19.5 Å². The van der Waals surface area contributed by atoms with Crippen molar-refractivity contribution in [3.05, 3.63) is 41.5 Å². The summed E-state index contributed by atoms with van der Waals surface area (Å²) < 4.78 is 0. The van der Waals surface area contributed by atoms with E-state index in [1.54, 1.807) is 6.33 Å². The second kappa shape index (κ2) is 5.09. The lowest BCUT2D eigenvalue weighted by molar-refractivity contribution is 0.240. The number of aromatic nitrogens is 4. The van der Waals surface area contributed by atoms with Crippen LogP contribution in [0, 0.1) is 0 Å². The van der Waals surface area contributed by atoms with E-state index < -0.39 is 0 Å². The van der Waals surface area contributed by atoms with E-state index in [1.165, 1.54) is 11.3 Å². The Morgan fingerprint density at radius 2 is 2.26 bits per heavy atom. The molecule has 0 saturated carbocycles. The summed E-state index contributed by atoms with van der Waals surface area (Å²) in [6.07, 6.45) is 6.61. The molecule has 0 bridgehead atoms. The molecule has 3 heterocycles. The molecule has 19 heavy (non-hydrogen) atoms. The zero-order valence-corrected chi connectivity index (χ0v) is 11.4. The van der Waals surface area contributed by atoms with Crippen LogP contribution in [0.2, 0.25) is 0 Å². The molecule has 0 aromatic carbocycles. The van der Waals surface area contributed by atoms with E-state index in [-0.39, 0.29) is 0 Å². The van der Waals surface area contributed by atoms with Crippen LogP contribution in [0.15, 0.2) is 18.7 Å². The van der Waals surface area contributed by atoms with Gasteiger partial charge in [0.05, 0.1) is 6.33 Å². The van der Waals surface area contributed by atoms with Crippen molar-refractivity contribution in [3.63, 3.8) is 0 Å². The van der Waals surface area contributed by atoms with E-state index in [1.807, 2.05) is 12.4 Å². The molecular formula is C14H19N5. The highest BCUT2D eigenvalue weighted by molar-refractivity contribution is 5.21. The fourth-order valence-electron chi connectivity index (χ4n) is 2.42. The maximum absolute atomic E-state index is 4.69. The second-order valence-electron chi connectivity index (χ2n) is 5.39. The minimum Gasteiger partial charge on any atom is -0.347 e. The molecular weight excluding hydrogens is 238 g/mol. The first-order valence-corrected chi connectivity index (χ1v) is 6.76. The number of hydrogen-bond acceptors (Lipinski definition) is 4. The Balaban J connectivity index is 1.73. The molecule has 1 N–H and O–H groups in total. The monoisotopic (exact) mass is 257 g/mol. The van der Waals surface area contributed by atoms with E-state index in [0.717, 1.165) is 37.6 Å². The molecule has 0 atom stereocenters. The predicted molar refractivity (Wildman–Crippen MR) is 72.5 cm³/mol. The van der Waals surface area contributed by atoms with Crippen molar-refractivity contribution < 1.29 is 0 Å². The maximum atomic E-state index is 4.69. The lowest BCUT2D eigenvalue weighted by atomic mass is 10.1. The van der Waals surface area contributed by atoms with Crippen molar-refractivity contribution in [1.82, 2.24) is 24.8 Å². The number of nitrogens with zero attached hydrogens (tertiary/aromatic N) is 4. The fraction of sp³-hybridized carbons (Fsp3) is 0.500. The van der Waals surface area contributed by atoms with Gasteiger partial charge in [0.25, 0.3) is 0 Å². The molecule has 2 aromatic rings. The Morgan fingerprint density at radius 3 is 3.00 bits per heavy atom. The average Bonchev–Trinajstić information content (AvgIpc) is 2.91. The van der Waals surface area contributed by atoms with Crippen molar-refractivity contribution in [3.8, 4) is 0 Å². The Kier molecular flexibility index (Phi) is 3.29. The second-order valence-corrected chi connectivity index (χ2v) is 5.39. The van der Waals surface area contributed by atoms with Crippen LogP contribution in [0.25, 0.3) is 0 Å². The molecule has 5 nitrogen and oxygen atoms in total. The number of rotatable bonds is 3. The van der Waals surface area contributed by atoms with Gasteiger partial charge in [-0.3, -0.25) is 4.90 Å². The Morgan fingerprint density at radius 1 is 1.37 bits per heavy atom. The molecule has 100 valence electrons. The van der Waals surface area contributed by atoms with Crippen molar-refractivity contribution in [2.75, 3.05) is 6.54 Å². The van der Waals surface area contributed by atoms with E-state index in [9.17, 15) is 0 Å². The van der Waals surface area contributed by atoms with Gasteiger partial charge in [0.1, 0.15) is 5.82 Å². The average molecular weight is 257 g/mol. The first-order valence-electron chi connectivity index (χ1n) is 6.76. The molecule has 0 radical (unpaired) electrons. The van der Waals surface area contributed by atoms with E-state index in [2.05, 4.69) is 38.7 Å². The summed E-state index contributed by atoms with van der Waals surface area (Å²) in [5.74, 6) is 1.36. The SMILES string of the molecule is CC(C)c1ncc2c(n1)CCN(Cc1cnc[nH]1)C2. The van der Waals surface area contributed by atoms with Crippen LogP contribution in [0.1, 0.15) is 42.5 Å². The van der Waals surface area contributed by atoms with Crippen LogP contribution in [-0.4, -0.2) is 31.4 Å². The van der Waals surface area contributed by atoms with Gasteiger partial charge in [0.2, 0.25) is 0 Å². The minimum atomic E-state index is 0.397. The smallest absolute Gasteiger partial charge is 0.131 e. The molecule has 2 aromatic heterocycles. The molecule has 1 aliphatic heterocycles. The Bertz CT molecular complexity index is 547. The topological polar surface area (TPSA) is 57.7 Å². The summed E-state index contributed by atoms with van der Waals surface area (Å²) in [7, 11) is 0. The van der Waals surface area contributed by atoms with Crippen LogP contribution in [0.5, 0.6) is 0 Å². The van der Waals surface area contributed by atoms with Gasteiger partial charge in [0, 0.05) is 61.3 Å². The molecule has 0 amide bonds. The highest BCUT2D eigenvalue weighted by atomic mass is 15.1. The molecule has 1 aliphatic rings. The third kappa shape index (κ3) is 2.66. The zero-order chi connectivity index (χ0) is 13.2. The summed E-state index contributed by atoms with van der Waals surface area (Å²) in [5, 5.41) is 0. The number of H-pyrrole nitrogens is 1. The molecule has 0 spiro atoms. The van der Waals surface area contributed by atoms with Crippen molar-refractivity contribution in [1.29, 1.82) is 0 Å². The largest absolute Gasteiger partial charge is 0.347 e. The maximum Gasteiger partial charge on any atom is 0.131 e. The molecule has 0 fully saturated rings. The molecule has 3 rings (SSSR count). The van der Waals surface area contributed by atoms with E-state index in [4.69, 9.17) is 0 Å².